The van der Waals surface area contributed by atoms with Gasteiger partial charge in [-0.1, -0.05) is 57.0 Å². The Balaban J connectivity index is 3.08. The maximum Gasteiger partial charge on any atom is 0.246 e. The van der Waals surface area contributed by atoms with Gasteiger partial charge in [-0.15, -0.1) is 0 Å². The number of carbonyl (C=O) groups excluding carboxylic acids is 1. The standard InChI is InChI=1S/C23H41N5O3/c1-3-5-15-30-23(31-16-6-4-2,20(25)13-10-14-28-22(26)27)21(29)19(24)17-18-11-8-7-9-12-18/h7-9,11-12,19-20H,3-6,10,13-17,24-25H2,1-2H3,(H4,26,27,28)/t19-,20-/m0/s1. The smallest absolute Gasteiger partial charge is 0.246 e. The molecule has 0 saturated heterocycles. The Hall–Kier alpha value is -2.00. The fourth-order valence-electron chi connectivity index (χ4n) is 3.25. The number of nitrogens with zero attached hydrogens (tertiary/aromatic N) is 1. The number of rotatable bonds is 17. The number of hydrogen-bond donors (Lipinski definition) is 4. The molecule has 0 fully saturated rings. The molecule has 0 aromatic heterocycles. The number of carbonyl (C=O) groups is 1. The minimum absolute atomic E-state index is 0.0270. The summed E-state index contributed by atoms with van der Waals surface area (Å²) < 4.78 is 12.2. The molecule has 8 heteroatoms. The predicted molar refractivity (Wildman–Crippen MR) is 125 cm³/mol. The van der Waals surface area contributed by atoms with Crippen molar-refractivity contribution in [1.29, 1.82) is 0 Å². The molecule has 1 rings (SSSR count). The third-order valence-electron chi connectivity index (χ3n) is 5.06. The molecule has 1 aromatic carbocycles. The van der Waals surface area contributed by atoms with Gasteiger partial charge < -0.3 is 32.4 Å². The average molecular weight is 436 g/mol. The van der Waals surface area contributed by atoms with Crippen molar-refractivity contribution in [2.24, 2.45) is 27.9 Å². The van der Waals surface area contributed by atoms with Crippen molar-refractivity contribution in [2.45, 2.75) is 76.7 Å². The Bertz CT molecular complexity index is 640. The van der Waals surface area contributed by atoms with Crippen LogP contribution in [0, 0.1) is 0 Å². The van der Waals surface area contributed by atoms with Gasteiger partial charge in [-0.2, -0.15) is 0 Å². The topological polar surface area (TPSA) is 152 Å². The normalized spacial score (nSPS) is 13.5. The van der Waals surface area contributed by atoms with Crippen LogP contribution in [-0.2, 0) is 20.7 Å². The molecule has 176 valence electrons. The van der Waals surface area contributed by atoms with Gasteiger partial charge in [0.1, 0.15) is 0 Å². The van der Waals surface area contributed by atoms with Gasteiger partial charge in [0.25, 0.3) is 0 Å². The van der Waals surface area contributed by atoms with E-state index in [2.05, 4.69) is 18.8 Å². The lowest BCUT2D eigenvalue weighted by Crippen LogP contribution is -2.62. The molecule has 2 atom stereocenters. The maximum atomic E-state index is 13.6. The zero-order valence-corrected chi connectivity index (χ0v) is 19.1. The Kier molecular flexibility index (Phi) is 13.0. The molecule has 0 aliphatic carbocycles. The van der Waals surface area contributed by atoms with Crippen molar-refractivity contribution in [1.82, 2.24) is 0 Å². The highest BCUT2D eigenvalue weighted by molar-refractivity contribution is 5.91. The molecule has 0 aliphatic rings. The van der Waals surface area contributed by atoms with E-state index in [9.17, 15) is 4.79 Å². The minimum atomic E-state index is -1.59. The van der Waals surface area contributed by atoms with Crippen molar-refractivity contribution >= 4 is 11.7 Å². The van der Waals surface area contributed by atoms with Crippen LogP contribution in [0.5, 0.6) is 0 Å². The van der Waals surface area contributed by atoms with Crippen molar-refractivity contribution in [2.75, 3.05) is 19.8 Å². The second-order valence-electron chi connectivity index (χ2n) is 7.79. The van der Waals surface area contributed by atoms with Gasteiger partial charge in [0.2, 0.25) is 11.6 Å². The highest BCUT2D eigenvalue weighted by atomic mass is 16.7. The third-order valence-corrected chi connectivity index (χ3v) is 5.06. The number of hydrogen-bond acceptors (Lipinski definition) is 6. The number of Topliss-reactive ketones (excluding diaryl/α,β-unsaturated/α-hetero) is 1. The number of guanidine groups is 1. The summed E-state index contributed by atoms with van der Waals surface area (Å²) in [7, 11) is 0. The molecular weight excluding hydrogens is 394 g/mol. The highest BCUT2D eigenvalue weighted by Gasteiger charge is 2.48. The lowest BCUT2D eigenvalue weighted by molar-refractivity contribution is -0.240. The van der Waals surface area contributed by atoms with E-state index in [4.69, 9.17) is 32.4 Å². The summed E-state index contributed by atoms with van der Waals surface area (Å²) in [5, 5.41) is 0. The van der Waals surface area contributed by atoms with Crippen molar-refractivity contribution in [3.63, 3.8) is 0 Å². The number of unbranched alkanes of at least 4 members (excludes halogenated alkanes) is 2. The van der Waals surface area contributed by atoms with Gasteiger partial charge >= 0.3 is 0 Å². The summed E-state index contributed by atoms with van der Waals surface area (Å²) in [5.74, 6) is -1.88. The third kappa shape index (κ3) is 9.35. The van der Waals surface area contributed by atoms with Gasteiger partial charge in [0.15, 0.2) is 5.96 Å². The molecule has 0 spiro atoms. The largest absolute Gasteiger partial charge is 0.370 e. The van der Waals surface area contributed by atoms with Crippen LogP contribution in [0.25, 0.3) is 0 Å². The number of ether oxygens (including phenoxy) is 2. The summed E-state index contributed by atoms with van der Waals surface area (Å²) in [6.07, 6.45) is 4.87. The lowest BCUT2D eigenvalue weighted by atomic mass is 9.91. The summed E-state index contributed by atoms with van der Waals surface area (Å²) in [5.41, 5.74) is 24.6. The zero-order chi connectivity index (χ0) is 23.1. The number of nitrogens with two attached hydrogens (primary N) is 4. The van der Waals surface area contributed by atoms with E-state index in [0.717, 1.165) is 31.2 Å². The number of benzene rings is 1. The van der Waals surface area contributed by atoms with Gasteiger partial charge in [0.05, 0.1) is 25.3 Å². The Morgan fingerprint density at radius 1 is 1.00 bits per heavy atom. The van der Waals surface area contributed by atoms with Gasteiger partial charge in [-0.3, -0.25) is 9.79 Å². The highest BCUT2D eigenvalue weighted by Crippen LogP contribution is 2.25. The molecule has 0 unspecified atom stereocenters. The van der Waals surface area contributed by atoms with Crippen molar-refractivity contribution in [3.8, 4) is 0 Å². The van der Waals surface area contributed by atoms with E-state index in [1.165, 1.54) is 0 Å². The van der Waals surface area contributed by atoms with Crippen LogP contribution in [-0.4, -0.2) is 49.4 Å². The van der Waals surface area contributed by atoms with Crippen LogP contribution in [0.1, 0.15) is 57.9 Å². The van der Waals surface area contributed by atoms with Crippen molar-refractivity contribution < 1.29 is 14.3 Å². The van der Waals surface area contributed by atoms with E-state index in [0.29, 0.717) is 39.0 Å². The predicted octanol–water partition coefficient (Wildman–Crippen LogP) is 1.84. The quantitative estimate of drug-likeness (QED) is 0.126. The molecule has 0 bridgehead atoms. The van der Waals surface area contributed by atoms with E-state index < -0.39 is 17.9 Å². The Labute approximate surface area is 186 Å². The first-order chi connectivity index (χ1) is 14.9. The molecule has 8 nitrogen and oxygen atoms in total. The molecule has 0 radical (unpaired) electrons. The lowest BCUT2D eigenvalue weighted by Gasteiger charge is -2.39. The second-order valence-corrected chi connectivity index (χ2v) is 7.79. The summed E-state index contributed by atoms with van der Waals surface area (Å²) >= 11 is 0. The summed E-state index contributed by atoms with van der Waals surface area (Å²) in [6.45, 7) is 5.27. The van der Waals surface area contributed by atoms with E-state index in [1.54, 1.807) is 0 Å². The first kappa shape index (κ1) is 27.0. The first-order valence-corrected chi connectivity index (χ1v) is 11.3. The van der Waals surface area contributed by atoms with E-state index in [-0.39, 0.29) is 11.7 Å². The second kappa shape index (κ2) is 14.9. The van der Waals surface area contributed by atoms with Gasteiger partial charge in [-0.05, 0) is 37.7 Å². The van der Waals surface area contributed by atoms with Crippen LogP contribution >= 0.6 is 0 Å². The first-order valence-electron chi connectivity index (χ1n) is 11.3. The molecule has 0 aliphatic heterocycles. The average Bonchev–Trinajstić information content (AvgIpc) is 2.75. The van der Waals surface area contributed by atoms with Crippen LogP contribution in [0.4, 0.5) is 0 Å². The van der Waals surface area contributed by atoms with Crippen LogP contribution in [0.15, 0.2) is 35.3 Å². The van der Waals surface area contributed by atoms with Gasteiger partial charge in [-0.25, -0.2) is 0 Å². The van der Waals surface area contributed by atoms with E-state index >= 15 is 0 Å². The molecule has 31 heavy (non-hydrogen) atoms. The van der Waals surface area contributed by atoms with E-state index in [1.807, 2.05) is 30.3 Å². The van der Waals surface area contributed by atoms with Crippen molar-refractivity contribution in [3.05, 3.63) is 35.9 Å². The molecular formula is C23H41N5O3. The van der Waals surface area contributed by atoms with Gasteiger partial charge in [0, 0.05) is 6.54 Å². The monoisotopic (exact) mass is 435 g/mol. The number of ketones is 1. The molecule has 8 N–H and O–H groups in total. The summed E-state index contributed by atoms with van der Waals surface area (Å²) in [6, 6.07) is 8.17. The number of aliphatic imine (C=N–C) groups is 1. The fourth-order valence-corrected chi connectivity index (χ4v) is 3.25. The molecule has 0 saturated carbocycles. The molecule has 0 amide bonds. The van der Waals surface area contributed by atoms with Crippen LogP contribution in [0.3, 0.4) is 0 Å². The Morgan fingerprint density at radius 3 is 2.10 bits per heavy atom. The maximum absolute atomic E-state index is 13.6. The van der Waals surface area contributed by atoms with Crippen LogP contribution < -0.4 is 22.9 Å². The Morgan fingerprint density at radius 2 is 1.58 bits per heavy atom. The fraction of sp³-hybridized carbons (Fsp3) is 0.652. The minimum Gasteiger partial charge on any atom is -0.370 e. The zero-order valence-electron chi connectivity index (χ0n) is 19.1. The molecule has 0 heterocycles. The summed E-state index contributed by atoms with van der Waals surface area (Å²) in [4.78, 5) is 17.6. The molecule has 1 aromatic rings. The van der Waals surface area contributed by atoms with Crippen LogP contribution in [0.2, 0.25) is 0 Å². The SMILES string of the molecule is CCCCOC(OCCCC)(C(=O)[C@@H](N)Cc1ccccc1)[C@@H](N)CCCN=C(N)N.